The van der Waals surface area contributed by atoms with Crippen LogP contribution in [-0.2, 0) is 18.9 Å². The van der Waals surface area contributed by atoms with E-state index in [2.05, 4.69) is 34.7 Å². The van der Waals surface area contributed by atoms with Gasteiger partial charge in [0, 0.05) is 13.5 Å². The highest BCUT2D eigenvalue weighted by Gasteiger charge is 2.45. The molecule has 2 aromatic rings. The Kier molecular flexibility index (Phi) is 2.03. The zero-order valence-corrected chi connectivity index (χ0v) is 10.2. The molecule has 1 aromatic heterocycles. The molecule has 17 heavy (non-hydrogen) atoms. The van der Waals surface area contributed by atoms with Crippen LogP contribution in [0.1, 0.15) is 31.2 Å². The van der Waals surface area contributed by atoms with E-state index in [4.69, 9.17) is 0 Å². The van der Waals surface area contributed by atoms with Gasteiger partial charge in [0.1, 0.15) is 5.82 Å². The second-order valence-electron chi connectivity index (χ2n) is 4.84. The van der Waals surface area contributed by atoms with Gasteiger partial charge in [0.25, 0.3) is 0 Å². The minimum Gasteiger partial charge on any atom is -0.331 e. The highest BCUT2D eigenvalue weighted by molar-refractivity contribution is 5.77. The first-order valence-electron chi connectivity index (χ1n) is 6.07. The molecule has 0 amide bonds. The maximum Gasteiger partial charge on any atom is 0.109 e. The second kappa shape index (κ2) is 3.33. The average molecular weight is 225 g/mol. The summed E-state index contributed by atoms with van der Waals surface area (Å²) >= 11 is 0. The molecule has 86 valence electrons. The number of nitriles is 1. The predicted octanol–water partition coefficient (Wildman–Crippen LogP) is 2.69. The third-order valence-corrected chi connectivity index (χ3v) is 3.81. The molecule has 0 unspecified atom stereocenters. The standard InChI is InChI=1S/C14H15N3/c1-3-13-16-11-5-4-10(8-12(11)17(13)2)14(9-15)6-7-14/h4-5,8H,3,6-7H2,1-2H3. The molecule has 1 aliphatic rings. The van der Waals surface area contributed by atoms with Crippen molar-refractivity contribution in [3.8, 4) is 6.07 Å². The molecule has 1 saturated carbocycles. The molecule has 1 aliphatic carbocycles. The number of fused-ring (bicyclic) bond motifs is 1. The third kappa shape index (κ3) is 1.37. The van der Waals surface area contributed by atoms with E-state index in [9.17, 15) is 5.26 Å². The molecular weight excluding hydrogens is 210 g/mol. The van der Waals surface area contributed by atoms with Crippen LogP contribution in [0.4, 0.5) is 0 Å². The number of benzene rings is 1. The summed E-state index contributed by atoms with van der Waals surface area (Å²) in [5.41, 5.74) is 3.12. The zero-order valence-electron chi connectivity index (χ0n) is 10.2. The molecule has 0 bridgehead atoms. The van der Waals surface area contributed by atoms with Gasteiger partial charge in [0.05, 0.1) is 22.5 Å². The van der Waals surface area contributed by atoms with Crippen LogP contribution in [0.2, 0.25) is 0 Å². The van der Waals surface area contributed by atoms with Gasteiger partial charge in [0.2, 0.25) is 0 Å². The van der Waals surface area contributed by atoms with Crippen LogP contribution in [0, 0.1) is 11.3 Å². The van der Waals surface area contributed by atoms with Crippen molar-refractivity contribution in [1.29, 1.82) is 5.26 Å². The van der Waals surface area contributed by atoms with Gasteiger partial charge in [-0.05, 0) is 30.5 Å². The Morgan fingerprint density at radius 2 is 2.24 bits per heavy atom. The summed E-state index contributed by atoms with van der Waals surface area (Å²) in [6, 6.07) is 8.68. The Morgan fingerprint density at radius 3 is 2.82 bits per heavy atom. The lowest BCUT2D eigenvalue weighted by Crippen LogP contribution is -2.02. The van der Waals surface area contributed by atoms with Gasteiger partial charge in [-0.25, -0.2) is 4.98 Å². The molecule has 1 heterocycles. The number of aryl methyl sites for hydroxylation is 2. The Hall–Kier alpha value is -1.82. The monoisotopic (exact) mass is 225 g/mol. The topological polar surface area (TPSA) is 41.6 Å². The summed E-state index contributed by atoms with van der Waals surface area (Å²) in [4.78, 5) is 4.58. The number of imidazole rings is 1. The Morgan fingerprint density at radius 1 is 1.47 bits per heavy atom. The number of nitrogens with zero attached hydrogens (tertiary/aromatic N) is 3. The van der Waals surface area contributed by atoms with Crippen LogP contribution in [-0.4, -0.2) is 9.55 Å². The molecule has 1 aromatic carbocycles. The van der Waals surface area contributed by atoms with Crippen molar-refractivity contribution in [3.63, 3.8) is 0 Å². The van der Waals surface area contributed by atoms with Crippen LogP contribution in [0.3, 0.4) is 0 Å². The smallest absolute Gasteiger partial charge is 0.109 e. The van der Waals surface area contributed by atoms with E-state index in [0.29, 0.717) is 0 Å². The first-order chi connectivity index (χ1) is 8.20. The normalized spacial score (nSPS) is 17.0. The van der Waals surface area contributed by atoms with E-state index >= 15 is 0 Å². The first kappa shape index (κ1) is 10.3. The third-order valence-electron chi connectivity index (χ3n) is 3.81. The van der Waals surface area contributed by atoms with Crippen molar-refractivity contribution in [2.45, 2.75) is 31.6 Å². The highest BCUT2D eigenvalue weighted by Crippen LogP contribution is 2.47. The van der Waals surface area contributed by atoms with Gasteiger partial charge in [-0.3, -0.25) is 0 Å². The van der Waals surface area contributed by atoms with Crippen molar-refractivity contribution in [3.05, 3.63) is 29.6 Å². The molecular formula is C14H15N3. The van der Waals surface area contributed by atoms with Crippen molar-refractivity contribution in [1.82, 2.24) is 9.55 Å². The van der Waals surface area contributed by atoms with Crippen LogP contribution in [0.15, 0.2) is 18.2 Å². The fourth-order valence-electron chi connectivity index (χ4n) is 2.44. The molecule has 0 saturated heterocycles. The summed E-state index contributed by atoms with van der Waals surface area (Å²) in [7, 11) is 2.05. The maximum atomic E-state index is 9.23. The van der Waals surface area contributed by atoms with Crippen LogP contribution in [0.5, 0.6) is 0 Å². The van der Waals surface area contributed by atoms with E-state index in [0.717, 1.165) is 41.7 Å². The van der Waals surface area contributed by atoms with Crippen molar-refractivity contribution in [2.75, 3.05) is 0 Å². The fraction of sp³-hybridized carbons (Fsp3) is 0.429. The molecule has 0 N–H and O–H groups in total. The van der Waals surface area contributed by atoms with Crippen LogP contribution >= 0.6 is 0 Å². The van der Waals surface area contributed by atoms with Gasteiger partial charge in [-0.1, -0.05) is 13.0 Å². The van der Waals surface area contributed by atoms with Crippen LogP contribution < -0.4 is 0 Å². The lowest BCUT2D eigenvalue weighted by molar-refractivity contribution is 0.827. The lowest BCUT2D eigenvalue weighted by atomic mass is 9.97. The second-order valence-corrected chi connectivity index (χ2v) is 4.84. The highest BCUT2D eigenvalue weighted by atomic mass is 15.1. The predicted molar refractivity (Wildman–Crippen MR) is 66.6 cm³/mol. The lowest BCUT2D eigenvalue weighted by Gasteiger charge is -2.06. The summed E-state index contributed by atoms with van der Waals surface area (Å²) in [6.07, 6.45) is 2.92. The molecule has 3 nitrogen and oxygen atoms in total. The molecule has 1 fully saturated rings. The average Bonchev–Trinajstić information content (AvgIpc) is 3.10. The Bertz CT molecular complexity index is 627. The largest absolute Gasteiger partial charge is 0.331 e. The number of hydrogen-bond acceptors (Lipinski definition) is 2. The molecule has 3 rings (SSSR count). The van der Waals surface area contributed by atoms with E-state index in [1.54, 1.807) is 0 Å². The minimum absolute atomic E-state index is 0.204. The summed E-state index contributed by atoms with van der Waals surface area (Å²) in [5, 5.41) is 9.23. The van der Waals surface area contributed by atoms with Gasteiger partial charge < -0.3 is 4.57 Å². The molecule has 0 aliphatic heterocycles. The van der Waals surface area contributed by atoms with E-state index in [-0.39, 0.29) is 5.41 Å². The summed E-state index contributed by atoms with van der Waals surface area (Å²) in [6.45, 7) is 2.11. The quantitative estimate of drug-likeness (QED) is 0.788. The summed E-state index contributed by atoms with van der Waals surface area (Å²) < 4.78 is 2.13. The molecule has 0 atom stereocenters. The Labute approximate surface area is 101 Å². The minimum atomic E-state index is -0.204. The summed E-state index contributed by atoms with van der Waals surface area (Å²) in [5.74, 6) is 1.10. The van der Waals surface area contributed by atoms with E-state index in [1.165, 1.54) is 0 Å². The van der Waals surface area contributed by atoms with Gasteiger partial charge in [-0.2, -0.15) is 5.26 Å². The van der Waals surface area contributed by atoms with E-state index < -0.39 is 0 Å². The molecule has 0 radical (unpaired) electrons. The first-order valence-corrected chi connectivity index (χ1v) is 6.07. The molecule has 0 spiro atoms. The molecule has 3 heteroatoms. The maximum absolute atomic E-state index is 9.23. The van der Waals surface area contributed by atoms with Gasteiger partial charge in [-0.15, -0.1) is 0 Å². The number of hydrogen-bond donors (Lipinski definition) is 0. The van der Waals surface area contributed by atoms with E-state index in [1.807, 2.05) is 13.1 Å². The number of rotatable bonds is 2. The van der Waals surface area contributed by atoms with Crippen molar-refractivity contribution >= 4 is 11.0 Å². The number of aromatic nitrogens is 2. The fourth-order valence-corrected chi connectivity index (χ4v) is 2.44. The van der Waals surface area contributed by atoms with Crippen molar-refractivity contribution in [2.24, 2.45) is 7.05 Å². The van der Waals surface area contributed by atoms with Gasteiger partial charge in [0.15, 0.2) is 0 Å². The SMILES string of the molecule is CCc1nc2ccc(C3(C#N)CC3)cc2n1C. The van der Waals surface area contributed by atoms with Gasteiger partial charge >= 0.3 is 0 Å². The van der Waals surface area contributed by atoms with Crippen molar-refractivity contribution < 1.29 is 0 Å². The Balaban J connectivity index is 2.19. The zero-order chi connectivity index (χ0) is 12.0. The van der Waals surface area contributed by atoms with Crippen LogP contribution in [0.25, 0.3) is 11.0 Å².